The Labute approximate surface area is 163 Å². The summed E-state index contributed by atoms with van der Waals surface area (Å²) in [6, 6.07) is 15.7. The van der Waals surface area contributed by atoms with Crippen LogP contribution in [-0.2, 0) is 31.1 Å². The predicted molar refractivity (Wildman–Crippen MR) is 101 cm³/mol. The zero-order chi connectivity index (χ0) is 18.3. The number of benzene rings is 2. The number of ether oxygens (including phenoxy) is 4. The van der Waals surface area contributed by atoms with E-state index >= 15 is 0 Å². The highest BCUT2D eigenvalue weighted by Crippen LogP contribution is 2.20. The highest BCUT2D eigenvalue weighted by molar-refractivity contribution is 7.89. The summed E-state index contributed by atoms with van der Waals surface area (Å²) in [5.41, 5.74) is 2.12. The zero-order valence-electron chi connectivity index (χ0n) is 14.9. The fourth-order valence-electron chi connectivity index (χ4n) is 2.29. The van der Waals surface area contributed by atoms with Gasteiger partial charge in [0.1, 0.15) is 36.9 Å². The average Bonchev–Trinajstić information content (AvgIpc) is 3.61. The quantitative estimate of drug-likeness (QED) is 0.312. The molecule has 2 heterocycles. The van der Waals surface area contributed by atoms with E-state index in [1.54, 1.807) is 0 Å². The van der Waals surface area contributed by atoms with Crippen LogP contribution in [0.5, 0.6) is 11.5 Å². The van der Waals surface area contributed by atoms with Gasteiger partial charge < -0.3 is 18.9 Å². The van der Waals surface area contributed by atoms with Crippen LogP contribution in [0.2, 0.25) is 0 Å². The molecule has 144 valence electrons. The summed E-state index contributed by atoms with van der Waals surface area (Å²) in [7, 11) is 0. The van der Waals surface area contributed by atoms with Crippen molar-refractivity contribution in [2.24, 2.45) is 0 Å². The molecule has 0 saturated carbocycles. The second kappa shape index (κ2) is 9.43. The molecule has 2 atom stereocenters. The van der Waals surface area contributed by atoms with Gasteiger partial charge in [-0.25, -0.2) is 0 Å². The Kier molecular flexibility index (Phi) is 6.49. The lowest BCUT2D eigenvalue weighted by atomic mass is 10.2. The molecule has 0 aliphatic carbocycles. The van der Waals surface area contributed by atoms with E-state index in [9.17, 15) is 0 Å². The molecule has 2 fully saturated rings. The van der Waals surface area contributed by atoms with Crippen molar-refractivity contribution < 1.29 is 27.3 Å². The summed E-state index contributed by atoms with van der Waals surface area (Å²) in [5, 5.41) is 0. The van der Waals surface area contributed by atoms with Crippen LogP contribution in [0.25, 0.3) is 0 Å². The number of hydrogen-bond acceptors (Lipinski definition) is 7. The molecular weight excluding hydrogens is 368 g/mol. The molecule has 0 spiro atoms. The molecule has 4 rings (SSSR count). The lowest BCUT2D eigenvalue weighted by Gasteiger charge is -2.07. The van der Waals surface area contributed by atoms with Gasteiger partial charge in [0.05, 0.1) is 26.4 Å². The highest BCUT2D eigenvalue weighted by atomic mass is 32.2. The Hall–Kier alpha value is -1.77. The Morgan fingerprint density at radius 1 is 0.704 bits per heavy atom. The highest BCUT2D eigenvalue weighted by Gasteiger charge is 2.23. The zero-order valence-corrected chi connectivity index (χ0v) is 15.7. The van der Waals surface area contributed by atoms with E-state index in [0.29, 0.717) is 26.4 Å². The Balaban J connectivity index is 1.08. The maximum atomic E-state index is 5.60. The minimum absolute atomic E-state index is 0.266. The Morgan fingerprint density at radius 3 is 1.48 bits per heavy atom. The van der Waals surface area contributed by atoms with E-state index in [1.165, 1.54) is 0 Å². The SMILES string of the molecule is c1cc(OCC2CO2)ccc1COSOCc1ccc(OCC2CO2)cc1. The van der Waals surface area contributed by atoms with Gasteiger partial charge in [0, 0.05) is 0 Å². The Morgan fingerprint density at radius 2 is 1.11 bits per heavy atom. The molecule has 0 amide bonds. The molecule has 2 aromatic rings. The molecule has 6 nitrogen and oxygen atoms in total. The van der Waals surface area contributed by atoms with E-state index in [1.807, 2.05) is 48.5 Å². The van der Waals surface area contributed by atoms with Crippen molar-refractivity contribution in [3.8, 4) is 11.5 Å². The van der Waals surface area contributed by atoms with Gasteiger partial charge >= 0.3 is 0 Å². The van der Waals surface area contributed by atoms with E-state index in [2.05, 4.69) is 0 Å². The summed E-state index contributed by atoms with van der Waals surface area (Å²) >= 11 is 1.00. The average molecular weight is 390 g/mol. The van der Waals surface area contributed by atoms with Crippen molar-refractivity contribution >= 4 is 12.3 Å². The van der Waals surface area contributed by atoms with Crippen LogP contribution in [0, 0.1) is 0 Å². The van der Waals surface area contributed by atoms with Crippen LogP contribution < -0.4 is 9.47 Å². The first-order chi connectivity index (χ1) is 13.3. The third-order valence-electron chi connectivity index (χ3n) is 4.07. The van der Waals surface area contributed by atoms with Crippen molar-refractivity contribution in [1.82, 2.24) is 0 Å². The second-order valence-electron chi connectivity index (χ2n) is 6.41. The molecule has 0 aromatic heterocycles. The predicted octanol–water partition coefficient (Wildman–Crippen LogP) is 3.54. The van der Waals surface area contributed by atoms with Crippen LogP contribution in [0.3, 0.4) is 0 Å². The van der Waals surface area contributed by atoms with E-state index in [4.69, 9.17) is 27.3 Å². The Bertz CT molecular complexity index is 636. The molecular formula is C20H22O6S. The topological polar surface area (TPSA) is 62.0 Å². The van der Waals surface area contributed by atoms with Crippen molar-refractivity contribution in [1.29, 1.82) is 0 Å². The normalized spacial score (nSPS) is 20.3. The number of epoxide rings is 2. The first kappa shape index (κ1) is 18.6. The van der Waals surface area contributed by atoms with Gasteiger partial charge in [0.25, 0.3) is 0 Å². The molecule has 2 aliphatic rings. The van der Waals surface area contributed by atoms with E-state index < -0.39 is 0 Å². The monoisotopic (exact) mass is 390 g/mol. The standard InChI is InChI=1S/C20H22O6S/c1-5-17(21-11-19-13-23-19)6-2-15(1)9-25-27-26-10-16-3-7-18(8-4-16)22-12-20-14-24-20/h1-8,19-20H,9-14H2. The smallest absolute Gasteiger partial charge is 0.159 e. The largest absolute Gasteiger partial charge is 0.491 e. The lowest BCUT2D eigenvalue weighted by molar-refractivity contribution is 0.261. The van der Waals surface area contributed by atoms with Gasteiger partial charge in [-0.3, -0.25) is 8.37 Å². The van der Waals surface area contributed by atoms with Gasteiger partial charge in [0.2, 0.25) is 0 Å². The summed E-state index contributed by atoms with van der Waals surface area (Å²) < 4.78 is 32.4. The molecule has 2 aliphatic heterocycles. The molecule has 27 heavy (non-hydrogen) atoms. The summed E-state index contributed by atoms with van der Waals surface area (Å²) in [5.74, 6) is 1.69. The molecule has 2 aromatic carbocycles. The lowest BCUT2D eigenvalue weighted by Crippen LogP contribution is -2.03. The van der Waals surface area contributed by atoms with Gasteiger partial charge in [0.15, 0.2) is 12.3 Å². The summed E-state index contributed by atoms with van der Waals surface area (Å²) in [6.07, 6.45) is 0.533. The van der Waals surface area contributed by atoms with Crippen molar-refractivity contribution in [2.45, 2.75) is 25.4 Å². The molecule has 0 bridgehead atoms. The fraction of sp³-hybridized carbons (Fsp3) is 0.400. The van der Waals surface area contributed by atoms with E-state index in [0.717, 1.165) is 48.2 Å². The van der Waals surface area contributed by atoms with Gasteiger partial charge in [-0.1, -0.05) is 24.3 Å². The van der Waals surface area contributed by atoms with Gasteiger partial charge in [-0.05, 0) is 35.4 Å². The van der Waals surface area contributed by atoms with E-state index in [-0.39, 0.29) is 12.2 Å². The molecule has 0 radical (unpaired) electrons. The fourth-order valence-corrected chi connectivity index (χ4v) is 2.73. The minimum atomic E-state index is 0.266. The van der Waals surface area contributed by atoms with Crippen LogP contribution in [0.15, 0.2) is 48.5 Å². The third-order valence-corrected chi connectivity index (χ3v) is 4.50. The van der Waals surface area contributed by atoms with Crippen LogP contribution in [-0.4, -0.2) is 38.6 Å². The molecule has 2 unspecified atom stereocenters. The first-order valence-electron chi connectivity index (χ1n) is 8.93. The number of rotatable bonds is 12. The molecule has 2 saturated heterocycles. The van der Waals surface area contributed by atoms with Crippen LogP contribution >= 0.6 is 12.3 Å². The maximum absolute atomic E-state index is 5.60. The van der Waals surface area contributed by atoms with Crippen LogP contribution in [0.4, 0.5) is 0 Å². The molecule has 0 N–H and O–H groups in total. The summed E-state index contributed by atoms with van der Waals surface area (Å²) in [4.78, 5) is 0. The minimum Gasteiger partial charge on any atom is -0.491 e. The number of hydrogen-bond donors (Lipinski definition) is 0. The first-order valence-corrected chi connectivity index (χ1v) is 9.59. The third kappa shape index (κ3) is 6.71. The second-order valence-corrected chi connectivity index (χ2v) is 7.02. The van der Waals surface area contributed by atoms with Crippen molar-refractivity contribution in [3.63, 3.8) is 0 Å². The van der Waals surface area contributed by atoms with Crippen LogP contribution in [0.1, 0.15) is 11.1 Å². The maximum Gasteiger partial charge on any atom is 0.159 e. The summed E-state index contributed by atoms with van der Waals surface area (Å²) in [6.45, 7) is 3.76. The molecule has 7 heteroatoms. The van der Waals surface area contributed by atoms with Crippen molar-refractivity contribution in [3.05, 3.63) is 59.7 Å². The van der Waals surface area contributed by atoms with Gasteiger partial charge in [-0.2, -0.15) is 0 Å². The van der Waals surface area contributed by atoms with Gasteiger partial charge in [-0.15, -0.1) is 0 Å². The van der Waals surface area contributed by atoms with Crippen molar-refractivity contribution in [2.75, 3.05) is 26.4 Å².